The van der Waals surface area contributed by atoms with Crippen LogP contribution in [0, 0.1) is 20.8 Å². The van der Waals surface area contributed by atoms with Gasteiger partial charge in [0, 0.05) is 46.0 Å². The van der Waals surface area contributed by atoms with E-state index in [0.29, 0.717) is 26.2 Å². The number of rotatable bonds is 1. The molecule has 1 aliphatic rings. The van der Waals surface area contributed by atoms with Gasteiger partial charge < -0.3 is 19.7 Å². The highest BCUT2D eigenvalue weighted by Gasteiger charge is 2.28. The van der Waals surface area contributed by atoms with Crippen LogP contribution in [-0.4, -0.2) is 71.9 Å². The number of hydrogen-bond acceptors (Lipinski definition) is 3. The summed E-state index contributed by atoms with van der Waals surface area (Å²) in [6.07, 6.45) is 0. The van der Waals surface area contributed by atoms with Gasteiger partial charge in [-0.05, 0) is 31.9 Å². The van der Waals surface area contributed by atoms with Gasteiger partial charge in [0.25, 0.3) is 11.5 Å². The summed E-state index contributed by atoms with van der Waals surface area (Å²) in [6, 6.07) is -0.0580. The molecule has 1 fully saturated rings. The quantitative estimate of drug-likeness (QED) is 0.829. The van der Waals surface area contributed by atoms with E-state index in [1.165, 1.54) is 4.90 Å². The molecule has 0 aliphatic carbocycles. The number of aryl methyl sites for hydroxylation is 1. The van der Waals surface area contributed by atoms with Crippen LogP contribution < -0.4 is 5.56 Å². The van der Waals surface area contributed by atoms with Gasteiger partial charge in [-0.25, -0.2) is 4.79 Å². The molecule has 0 unspecified atom stereocenters. The molecule has 7 heteroatoms. The Balaban J connectivity index is 2.17. The van der Waals surface area contributed by atoms with Gasteiger partial charge in [-0.3, -0.25) is 9.59 Å². The Bertz CT molecular complexity index is 685. The first-order chi connectivity index (χ1) is 10.7. The molecule has 2 heterocycles. The van der Waals surface area contributed by atoms with Crippen LogP contribution in [0.5, 0.6) is 0 Å². The zero-order valence-corrected chi connectivity index (χ0v) is 14.4. The lowest BCUT2D eigenvalue weighted by Crippen LogP contribution is -2.53. The SMILES string of the molecule is Cc1[nH]c(=O)c(C(=O)N2CCN(C(=O)N(C)C)CC2)c(C)c1C. The number of piperazine rings is 1. The van der Waals surface area contributed by atoms with Crippen molar-refractivity contribution in [2.75, 3.05) is 40.3 Å². The second-order valence-corrected chi connectivity index (χ2v) is 6.16. The molecule has 1 aliphatic heterocycles. The van der Waals surface area contributed by atoms with Crippen LogP contribution in [-0.2, 0) is 0 Å². The molecule has 1 aromatic heterocycles. The lowest BCUT2D eigenvalue weighted by molar-refractivity contribution is 0.0647. The number of hydrogen-bond donors (Lipinski definition) is 1. The Morgan fingerprint density at radius 2 is 1.48 bits per heavy atom. The summed E-state index contributed by atoms with van der Waals surface area (Å²) < 4.78 is 0. The van der Waals surface area contributed by atoms with E-state index in [4.69, 9.17) is 0 Å². The highest BCUT2D eigenvalue weighted by atomic mass is 16.2. The largest absolute Gasteiger partial charge is 0.335 e. The summed E-state index contributed by atoms with van der Waals surface area (Å²) >= 11 is 0. The van der Waals surface area contributed by atoms with Gasteiger partial charge in [0.2, 0.25) is 0 Å². The zero-order chi connectivity index (χ0) is 17.3. The first-order valence-corrected chi connectivity index (χ1v) is 7.69. The Kier molecular flexibility index (Phi) is 4.77. The minimum Gasteiger partial charge on any atom is -0.335 e. The normalized spacial score (nSPS) is 14.8. The van der Waals surface area contributed by atoms with Crippen molar-refractivity contribution < 1.29 is 9.59 Å². The predicted molar refractivity (Wildman–Crippen MR) is 87.8 cm³/mol. The zero-order valence-electron chi connectivity index (χ0n) is 14.4. The fraction of sp³-hybridized carbons (Fsp3) is 0.562. The third kappa shape index (κ3) is 3.23. The van der Waals surface area contributed by atoms with Gasteiger partial charge in [0.15, 0.2) is 0 Å². The van der Waals surface area contributed by atoms with Crippen molar-refractivity contribution in [3.8, 4) is 0 Å². The van der Waals surface area contributed by atoms with Crippen molar-refractivity contribution in [2.45, 2.75) is 20.8 Å². The van der Waals surface area contributed by atoms with Crippen molar-refractivity contribution in [2.24, 2.45) is 0 Å². The topological polar surface area (TPSA) is 76.7 Å². The van der Waals surface area contributed by atoms with E-state index in [-0.39, 0.29) is 23.1 Å². The van der Waals surface area contributed by atoms with E-state index in [2.05, 4.69) is 4.98 Å². The minimum atomic E-state index is -0.345. The molecule has 0 spiro atoms. The average molecular weight is 320 g/mol. The highest BCUT2D eigenvalue weighted by Crippen LogP contribution is 2.15. The molecule has 1 aromatic rings. The van der Waals surface area contributed by atoms with Crippen LogP contribution in [0.25, 0.3) is 0 Å². The molecule has 2 rings (SSSR count). The number of nitrogens with one attached hydrogen (secondary N) is 1. The van der Waals surface area contributed by atoms with Crippen LogP contribution in [0.1, 0.15) is 27.2 Å². The third-order valence-electron chi connectivity index (χ3n) is 4.46. The van der Waals surface area contributed by atoms with E-state index < -0.39 is 0 Å². The molecule has 1 saturated heterocycles. The lowest BCUT2D eigenvalue weighted by atomic mass is 10.0. The molecule has 1 N–H and O–H groups in total. The maximum Gasteiger partial charge on any atom is 0.319 e. The number of carbonyl (C=O) groups is 2. The summed E-state index contributed by atoms with van der Waals surface area (Å²) in [5.74, 6) is -0.260. The number of amides is 3. The summed E-state index contributed by atoms with van der Waals surface area (Å²) in [4.78, 5) is 44.4. The fourth-order valence-corrected chi connectivity index (χ4v) is 2.76. The molecule has 0 aromatic carbocycles. The van der Waals surface area contributed by atoms with E-state index in [0.717, 1.165) is 16.8 Å². The van der Waals surface area contributed by atoms with Crippen LogP contribution in [0.2, 0.25) is 0 Å². The van der Waals surface area contributed by atoms with Crippen molar-refractivity contribution in [3.05, 3.63) is 32.7 Å². The Hall–Kier alpha value is -2.31. The molecule has 0 radical (unpaired) electrons. The molecule has 7 nitrogen and oxygen atoms in total. The molecule has 23 heavy (non-hydrogen) atoms. The van der Waals surface area contributed by atoms with Crippen LogP contribution in [0.3, 0.4) is 0 Å². The predicted octanol–water partition coefficient (Wildman–Crippen LogP) is 0.740. The van der Waals surface area contributed by atoms with Gasteiger partial charge in [0.1, 0.15) is 5.56 Å². The van der Waals surface area contributed by atoms with Gasteiger partial charge in [0.05, 0.1) is 0 Å². The smallest absolute Gasteiger partial charge is 0.319 e. The Morgan fingerprint density at radius 1 is 0.957 bits per heavy atom. The van der Waals surface area contributed by atoms with Gasteiger partial charge in [-0.1, -0.05) is 0 Å². The second-order valence-electron chi connectivity index (χ2n) is 6.16. The number of aromatic nitrogens is 1. The van der Waals surface area contributed by atoms with Crippen LogP contribution in [0.4, 0.5) is 4.79 Å². The summed E-state index contributed by atoms with van der Waals surface area (Å²) in [5.41, 5.74) is 2.30. The number of urea groups is 1. The Morgan fingerprint density at radius 3 is 2.00 bits per heavy atom. The highest BCUT2D eigenvalue weighted by molar-refractivity contribution is 5.95. The third-order valence-corrected chi connectivity index (χ3v) is 4.46. The molecule has 0 bridgehead atoms. The molecule has 3 amide bonds. The standard InChI is InChI=1S/C16H24N4O3/c1-10-11(2)13(14(21)17-12(10)3)15(22)19-6-8-20(9-7-19)16(23)18(4)5/h6-9H2,1-5H3,(H,17,21). The summed E-state index contributed by atoms with van der Waals surface area (Å²) in [5, 5.41) is 0. The molecule has 126 valence electrons. The van der Waals surface area contributed by atoms with Crippen molar-refractivity contribution in [1.29, 1.82) is 0 Å². The number of H-pyrrole nitrogens is 1. The molecular weight excluding hydrogens is 296 g/mol. The second kappa shape index (κ2) is 6.44. The number of pyridine rings is 1. The monoisotopic (exact) mass is 320 g/mol. The molecule has 0 saturated carbocycles. The number of aromatic amines is 1. The van der Waals surface area contributed by atoms with Gasteiger partial charge in [-0.15, -0.1) is 0 Å². The van der Waals surface area contributed by atoms with Crippen molar-refractivity contribution in [1.82, 2.24) is 19.7 Å². The average Bonchev–Trinajstić information content (AvgIpc) is 2.52. The molecule has 0 atom stereocenters. The molecular formula is C16H24N4O3. The maximum atomic E-state index is 12.7. The van der Waals surface area contributed by atoms with Gasteiger partial charge in [-0.2, -0.15) is 0 Å². The Labute approximate surface area is 135 Å². The lowest BCUT2D eigenvalue weighted by Gasteiger charge is -2.36. The van der Waals surface area contributed by atoms with Crippen molar-refractivity contribution in [3.63, 3.8) is 0 Å². The summed E-state index contributed by atoms with van der Waals surface area (Å²) in [7, 11) is 3.41. The van der Waals surface area contributed by atoms with E-state index >= 15 is 0 Å². The van der Waals surface area contributed by atoms with E-state index in [9.17, 15) is 14.4 Å². The summed E-state index contributed by atoms with van der Waals surface area (Å²) in [6.45, 7) is 7.34. The van der Waals surface area contributed by atoms with Crippen LogP contribution in [0.15, 0.2) is 4.79 Å². The fourth-order valence-electron chi connectivity index (χ4n) is 2.76. The van der Waals surface area contributed by atoms with E-state index in [1.807, 2.05) is 13.8 Å². The van der Waals surface area contributed by atoms with Crippen molar-refractivity contribution >= 4 is 11.9 Å². The van der Waals surface area contributed by atoms with Crippen LogP contribution >= 0.6 is 0 Å². The van der Waals surface area contributed by atoms with E-state index in [1.54, 1.807) is 30.8 Å². The minimum absolute atomic E-state index is 0.0580. The maximum absolute atomic E-state index is 12.7. The number of carbonyl (C=O) groups excluding carboxylic acids is 2. The first kappa shape index (κ1) is 17.1. The first-order valence-electron chi connectivity index (χ1n) is 7.69. The van der Waals surface area contributed by atoms with Gasteiger partial charge >= 0.3 is 6.03 Å². The number of nitrogens with zero attached hydrogens (tertiary/aromatic N) is 3.